The fraction of sp³-hybridized carbons (Fsp3) is 0.625. The van der Waals surface area contributed by atoms with Gasteiger partial charge in [-0.2, -0.15) is 5.10 Å². The molecule has 0 unspecified atom stereocenters. The van der Waals surface area contributed by atoms with Crippen molar-refractivity contribution in [1.29, 1.82) is 0 Å². The Labute approximate surface area is 65.7 Å². The van der Waals surface area contributed by atoms with E-state index in [0.29, 0.717) is 6.04 Å². The van der Waals surface area contributed by atoms with E-state index in [9.17, 15) is 0 Å². The van der Waals surface area contributed by atoms with Crippen LogP contribution < -0.4 is 0 Å². The molecule has 1 aromatic heterocycles. The Morgan fingerprint density at radius 3 is 2.91 bits per heavy atom. The number of aliphatic hydroxyl groups excluding tert-OH is 1. The third-order valence-corrected chi connectivity index (χ3v) is 2.29. The zero-order valence-electron chi connectivity index (χ0n) is 6.40. The molecule has 1 aromatic rings. The van der Waals surface area contributed by atoms with E-state index in [1.165, 1.54) is 19.3 Å². The van der Waals surface area contributed by atoms with Gasteiger partial charge in [-0.15, -0.1) is 0 Å². The molecule has 0 atom stereocenters. The molecule has 1 fully saturated rings. The second-order valence-electron chi connectivity index (χ2n) is 3.07. The van der Waals surface area contributed by atoms with Gasteiger partial charge in [0.15, 0.2) is 0 Å². The molecule has 1 aliphatic rings. The van der Waals surface area contributed by atoms with E-state index in [4.69, 9.17) is 5.11 Å². The summed E-state index contributed by atoms with van der Waals surface area (Å²) in [7, 11) is 0. The highest BCUT2D eigenvalue weighted by molar-refractivity contribution is 5.02. The molecular formula is C8H12N2O. The minimum Gasteiger partial charge on any atom is -0.392 e. The monoisotopic (exact) mass is 152 g/mol. The first-order valence-corrected chi connectivity index (χ1v) is 4.04. The number of hydrogen-bond donors (Lipinski definition) is 1. The Balaban J connectivity index is 2.11. The van der Waals surface area contributed by atoms with Crippen LogP contribution in [0.5, 0.6) is 0 Å². The Morgan fingerprint density at radius 2 is 2.45 bits per heavy atom. The maximum absolute atomic E-state index is 8.77. The first-order valence-electron chi connectivity index (χ1n) is 4.04. The van der Waals surface area contributed by atoms with Crippen molar-refractivity contribution in [1.82, 2.24) is 9.78 Å². The van der Waals surface area contributed by atoms with E-state index in [0.717, 1.165) is 5.56 Å². The quantitative estimate of drug-likeness (QED) is 0.689. The molecule has 2 rings (SSSR count). The van der Waals surface area contributed by atoms with Crippen LogP contribution in [-0.2, 0) is 6.61 Å². The molecule has 0 spiro atoms. The van der Waals surface area contributed by atoms with Crippen molar-refractivity contribution >= 4 is 0 Å². The highest BCUT2D eigenvalue weighted by atomic mass is 16.3. The van der Waals surface area contributed by atoms with Gasteiger partial charge in [-0.05, 0) is 19.3 Å². The van der Waals surface area contributed by atoms with Gasteiger partial charge in [0.05, 0.1) is 18.8 Å². The highest BCUT2D eigenvalue weighted by Gasteiger charge is 2.19. The topological polar surface area (TPSA) is 38.1 Å². The number of nitrogens with zero attached hydrogens (tertiary/aromatic N) is 2. The van der Waals surface area contributed by atoms with Crippen LogP contribution >= 0.6 is 0 Å². The molecule has 0 aromatic carbocycles. The summed E-state index contributed by atoms with van der Waals surface area (Å²) in [4.78, 5) is 0. The van der Waals surface area contributed by atoms with Gasteiger partial charge in [0, 0.05) is 11.8 Å². The number of aromatic nitrogens is 2. The summed E-state index contributed by atoms with van der Waals surface area (Å²) in [5, 5.41) is 12.9. The van der Waals surface area contributed by atoms with E-state index < -0.39 is 0 Å². The Kier molecular flexibility index (Phi) is 1.66. The number of aliphatic hydroxyl groups is 1. The lowest BCUT2D eigenvalue weighted by atomic mass is 9.93. The Hall–Kier alpha value is -0.830. The summed E-state index contributed by atoms with van der Waals surface area (Å²) in [5.74, 6) is 0. The number of rotatable bonds is 2. The molecule has 1 N–H and O–H groups in total. The van der Waals surface area contributed by atoms with Crippen molar-refractivity contribution in [3.63, 3.8) is 0 Å². The molecule has 0 saturated heterocycles. The van der Waals surface area contributed by atoms with Crippen molar-refractivity contribution in [2.75, 3.05) is 0 Å². The lowest BCUT2D eigenvalue weighted by Crippen LogP contribution is -2.17. The zero-order valence-corrected chi connectivity index (χ0v) is 6.40. The summed E-state index contributed by atoms with van der Waals surface area (Å²) >= 11 is 0. The van der Waals surface area contributed by atoms with E-state index in [1.54, 1.807) is 6.20 Å². The minimum absolute atomic E-state index is 0.104. The molecule has 11 heavy (non-hydrogen) atoms. The summed E-state index contributed by atoms with van der Waals surface area (Å²) in [5.41, 5.74) is 0.914. The summed E-state index contributed by atoms with van der Waals surface area (Å²) in [6.07, 6.45) is 7.47. The van der Waals surface area contributed by atoms with E-state index in [1.807, 2.05) is 10.9 Å². The average molecular weight is 152 g/mol. The summed E-state index contributed by atoms with van der Waals surface area (Å²) in [6, 6.07) is 0.607. The largest absolute Gasteiger partial charge is 0.392 e. The average Bonchev–Trinajstić information content (AvgIpc) is 2.32. The number of hydrogen-bond acceptors (Lipinski definition) is 2. The molecule has 1 saturated carbocycles. The van der Waals surface area contributed by atoms with Gasteiger partial charge >= 0.3 is 0 Å². The van der Waals surface area contributed by atoms with Gasteiger partial charge in [-0.25, -0.2) is 0 Å². The first-order chi connectivity index (χ1) is 5.40. The molecule has 1 aliphatic carbocycles. The van der Waals surface area contributed by atoms with Crippen molar-refractivity contribution in [2.45, 2.75) is 31.9 Å². The lowest BCUT2D eigenvalue weighted by molar-refractivity contribution is 0.277. The first kappa shape index (κ1) is 6.85. The summed E-state index contributed by atoms with van der Waals surface area (Å²) in [6.45, 7) is 0.104. The predicted molar refractivity (Wildman–Crippen MR) is 41.0 cm³/mol. The van der Waals surface area contributed by atoms with Crippen LogP contribution in [0.25, 0.3) is 0 Å². The zero-order chi connectivity index (χ0) is 7.68. The van der Waals surface area contributed by atoms with Crippen molar-refractivity contribution in [3.8, 4) is 0 Å². The SMILES string of the molecule is OCc1cnn(C2CCC2)c1. The molecule has 0 amide bonds. The third kappa shape index (κ3) is 1.16. The fourth-order valence-corrected chi connectivity index (χ4v) is 1.31. The molecule has 0 aliphatic heterocycles. The van der Waals surface area contributed by atoms with Gasteiger partial charge in [-0.3, -0.25) is 4.68 Å². The van der Waals surface area contributed by atoms with E-state index in [-0.39, 0.29) is 6.61 Å². The van der Waals surface area contributed by atoms with Crippen LogP contribution in [0.15, 0.2) is 12.4 Å². The van der Waals surface area contributed by atoms with Crippen LogP contribution in [-0.4, -0.2) is 14.9 Å². The Morgan fingerprint density at radius 1 is 1.64 bits per heavy atom. The molecule has 0 bridgehead atoms. The standard InChI is InChI=1S/C8H12N2O/c11-6-7-4-9-10(5-7)8-2-1-3-8/h4-5,8,11H,1-3,6H2. The third-order valence-electron chi connectivity index (χ3n) is 2.29. The van der Waals surface area contributed by atoms with Gasteiger partial charge < -0.3 is 5.11 Å². The smallest absolute Gasteiger partial charge is 0.0712 e. The van der Waals surface area contributed by atoms with Gasteiger partial charge in [0.25, 0.3) is 0 Å². The Bertz CT molecular complexity index is 240. The van der Waals surface area contributed by atoms with Crippen molar-refractivity contribution in [2.24, 2.45) is 0 Å². The van der Waals surface area contributed by atoms with Crippen LogP contribution in [0.3, 0.4) is 0 Å². The predicted octanol–water partition coefficient (Wildman–Crippen LogP) is 1.10. The van der Waals surface area contributed by atoms with E-state index >= 15 is 0 Å². The minimum atomic E-state index is 0.104. The lowest BCUT2D eigenvalue weighted by Gasteiger charge is -2.25. The van der Waals surface area contributed by atoms with Crippen molar-refractivity contribution < 1.29 is 5.11 Å². The second kappa shape index (κ2) is 2.66. The maximum Gasteiger partial charge on any atom is 0.0712 e. The molecule has 3 heteroatoms. The maximum atomic E-state index is 8.77. The van der Waals surface area contributed by atoms with Crippen LogP contribution in [0.1, 0.15) is 30.9 Å². The second-order valence-corrected chi connectivity index (χ2v) is 3.07. The normalized spacial score (nSPS) is 18.3. The molecule has 1 heterocycles. The molecular weight excluding hydrogens is 140 g/mol. The van der Waals surface area contributed by atoms with Crippen molar-refractivity contribution in [3.05, 3.63) is 18.0 Å². The van der Waals surface area contributed by atoms with Gasteiger partial charge in [0.1, 0.15) is 0 Å². The summed E-state index contributed by atoms with van der Waals surface area (Å²) < 4.78 is 1.97. The van der Waals surface area contributed by atoms with Crippen LogP contribution in [0.2, 0.25) is 0 Å². The molecule has 0 radical (unpaired) electrons. The van der Waals surface area contributed by atoms with Gasteiger partial charge in [0.2, 0.25) is 0 Å². The highest BCUT2D eigenvalue weighted by Crippen LogP contribution is 2.30. The molecule has 3 nitrogen and oxygen atoms in total. The van der Waals surface area contributed by atoms with Gasteiger partial charge in [-0.1, -0.05) is 0 Å². The van der Waals surface area contributed by atoms with Crippen LogP contribution in [0.4, 0.5) is 0 Å². The van der Waals surface area contributed by atoms with Crippen LogP contribution in [0, 0.1) is 0 Å². The van der Waals surface area contributed by atoms with E-state index in [2.05, 4.69) is 5.10 Å². The molecule has 60 valence electrons. The fourth-order valence-electron chi connectivity index (χ4n) is 1.31.